The predicted molar refractivity (Wildman–Crippen MR) is 81.2 cm³/mol. The maximum absolute atomic E-state index is 12.2. The largest absolute Gasteiger partial charge is 0.512 e. The molecule has 0 aliphatic rings. The van der Waals surface area contributed by atoms with E-state index in [1.54, 1.807) is 13.8 Å². The monoisotopic (exact) mass is 311 g/mol. The van der Waals surface area contributed by atoms with Crippen LogP contribution in [0.4, 0.5) is 5.69 Å². The first-order valence-electron chi connectivity index (χ1n) is 6.27. The Balaban J connectivity index is 3.47. The van der Waals surface area contributed by atoms with Crippen LogP contribution < -0.4 is 5.56 Å². The number of aromatic nitrogens is 2. The summed E-state index contributed by atoms with van der Waals surface area (Å²) in [6, 6.07) is 0. The highest BCUT2D eigenvalue weighted by Crippen LogP contribution is 2.22. The van der Waals surface area contributed by atoms with Crippen LogP contribution in [-0.2, 0) is 13.1 Å². The van der Waals surface area contributed by atoms with Crippen LogP contribution in [0.2, 0.25) is 0 Å². The van der Waals surface area contributed by atoms with E-state index in [1.165, 1.54) is 16.1 Å². The van der Waals surface area contributed by atoms with Gasteiger partial charge in [0, 0.05) is 19.2 Å². The maximum atomic E-state index is 12.2. The smallest absolute Gasteiger partial charge is 0.286 e. The Morgan fingerprint density at radius 3 is 2.43 bits per heavy atom. The molecule has 1 aromatic heterocycles. The van der Waals surface area contributed by atoms with Gasteiger partial charge in [-0.15, -0.1) is 10.2 Å². The van der Waals surface area contributed by atoms with Gasteiger partial charge < -0.3 is 10.2 Å². The number of aromatic hydroxyl groups is 1. The van der Waals surface area contributed by atoms with E-state index in [-0.39, 0.29) is 22.1 Å². The zero-order valence-electron chi connectivity index (χ0n) is 12.0. The fourth-order valence-electron chi connectivity index (χ4n) is 1.66. The van der Waals surface area contributed by atoms with Gasteiger partial charge in [0.1, 0.15) is 0 Å². The van der Waals surface area contributed by atoms with Crippen LogP contribution in [-0.4, -0.2) is 25.2 Å². The molecule has 3 N–H and O–H groups in total. The van der Waals surface area contributed by atoms with Gasteiger partial charge in [0.15, 0.2) is 10.6 Å². The zero-order chi connectivity index (χ0) is 16.2. The summed E-state index contributed by atoms with van der Waals surface area (Å²) in [4.78, 5) is 12.2. The molecule has 0 aromatic carbocycles. The molecule has 0 aliphatic carbocycles. The van der Waals surface area contributed by atoms with Gasteiger partial charge in [-0.1, -0.05) is 0 Å². The van der Waals surface area contributed by atoms with E-state index in [0.717, 1.165) is 6.08 Å². The average molecular weight is 311 g/mol. The van der Waals surface area contributed by atoms with Gasteiger partial charge in [0.25, 0.3) is 5.56 Å². The minimum atomic E-state index is -0.578. The molecule has 0 aliphatic heterocycles. The molecular weight excluding hydrogens is 294 g/mol. The predicted octanol–water partition coefficient (Wildman–Crippen LogP) is 2.65. The van der Waals surface area contributed by atoms with Crippen molar-refractivity contribution in [2.24, 2.45) is 10.2 Å². The number of amidine groups is 1. The standard InChI is InChI=1S/C12H17N5O3S/c1-4-16-10(19)9(11(20)17(5-2)12(16)21)15-14-8(13)6-7(3)18/h6,13,18-19H,4-5H2,1-3H3/b7-6-,13-8?,15-14?. The van der Waals surface area contributed by atoms with E-state index in [9.17, 15) is 9.90 Å². The first-order chi connectivity index (χ1) is 9.83. The molecule has 0 saturated carbocycles. The second kappa shape index (κ2) is 6.93. The first-order valence-corrected chi connectivity index (χ1v) is 6.68. The van der Waals surface area contributed by atoms with Crippen LogP contribution in [0.3, 0.4) is 0 Å². The lowest BCUT2D eigenvalue weighted by atomic mass is 10.4. The van der Waals surface area contributed by atoms with Crippen LogP contribution in [0, 0.1) is 10.2 Å². The Morgan fingerprint density at radius 1 is 1.38 bits per heavy atom. The van der Waals surface area contributed by atoms with Gasteiger partial charge in [0.2, 0.25) is 11.6 Å². The zero-order valence-corrected chi connectivity index (χ0v) is 12.8. The number of rotatable bonds is 4. The van der Waals surface area contributed by atoms with Gasteiger partial charge >= 0.3 is 0 Å². The fraction of sp³-hybridized carbons (Fsp3) is 0.417. The maximum Gasteiger partial charge on any atom is 0.286 e. The Kier molecular flexibility index (Phi) is 5.53. The first kappa shape index (κ1) is 16.8. The quantitative estimate of drug-likeness (QED) is 0.260. The van der Waals surface area contributed by atoms with E-state index in [0.29, 0.717) is 13.1 Å². The highest BCUT2D eigenvalue weighted by atomic mass is 32.1. The molecule has 0 atom stereocenters. The lowest BCUT2D eigenvalue weighted by Crippen LogP contribution is -2.24. The lowest BCUT2D eigenvalue weighted by molar-refractivity contribution is 0.402. The third kappa shape index (κ3) is 3.63. The van der Waals surface area contributed by atoms with Crippen LogP contribution in [0.25, 0.3) is 0 Å². The fourth-order valence-corrected chi connectivity index (χ4v) is 2.08. The average Bonchev–Trinajstić information content (AvgIpc) is 2.38. The highest BCUT2D eigenvalue weighted by Gasteiger charge is 2.15. The molecule has 0 amide bonds. The van der Waals surface area contributed by atoms with Crippen LogP contribution in [0.15, 0.2) is 26.9 Å². The van der Waals surface area contributed by atoms with E-state index >= 15 is 0 Å². The Morgan fingerprint density at radius 2 is 1.95 bits per heavy atom. The minimum absolute atomic E-state index is 0.112. The van der Waals surface area contributed by atoms with E-state index in [1.807, 2.05) is 0 Å². The summed E-state index contributed by atoms with van der Waals surface area (Å²) in [5, 5.41) is 33.6. The number of hydrogen-bond donors (Lipinski definition) is 3. The summed E-state index contributed by atoms with van der Waals surface area (Å²) < 4.78 is 2.83. The molecule has 1 aromatic rings. The van der Waals surface area contributed by atoms with Crippen LogP contribution in [0.5, 0.6) is 5.88 Å². The van der Waals surface area contributed by atoms with Crippen molar-refractivity contribution in [3.05, 3.63) is 27.0 Å². The second-order valence-corrected chi connectivity index (χ2v) is 4.48. The van der Waals surface area contributed by atoms with Crippen molar-refractivity contribution < 1.29 is 10.2 Å². The van der Waals surface area contributed by atoms with E-state index < -0.39 is 11.4 Å². The van der Waals surface area contributed by atoms with Crippen molar-refractivity contribution >= 4 is 23.7 Å². The molecule has 0 fully saturated rings. The van der Waals surface area contributed by atoms with Crippen molar-refractivity contribution in [3.63, 3.8) is 0 Å². The molecule has 8 nitrogen and oxygen atoms in total. The minimum Gasteiger partial charge on any atom is -0.512 e. The second-order valence-electron chi connectivity index (χ2n) is 4.12. The van der Waals surface area contributed by atoms with Crippen LogP contribution in [0.1, 0.15) is 20.8 Å². The molecule has 114 valence electrons. The topological polar surface area (TPSA) is 116 Å². The third-order valence-corrected chi connectivity index (χ3v) is 3.05. The van der Waals surface area contributed by atoms with Crippen molar-refractivity contribution in [1.82, 2.24) is 9.13 Å². The number of nitrogens with one attached hydrogen (secondary N) is 1. The molecule has 0 spiro atoms. The summed E-state index contributed by atoms with van der Waals surface area (Å²) in [5.74, 6) is -0.848. The van der Waals surface area contributed by atoms with Gasteiger partial charge in [-0.05, 0) is 33.0 Å². The molecular formula is C12H17N5O3S. The number of allylic oxidation sites excluding steroid dienone is 1. The van der Waals surface area contributed by atoms with Crippen molar-refractivity contribution in [3.8, 4) is 5.88 Å². The summed E-state index contributed by atoms with van der Waals surface area (Å²) in [6.45, 7) is 5.58. The van der Waals surface area contributed by atoms with E-state index in [4.69, 9.17) is 22.7 Å². The van der Waals surface area contributed by atoms with Crippen molar-refractivity contribution in [1.29, 1.82) is 5.41 Å². The molecule has 0 bridgehead atoms. The highest BCUT2D eigenvalue weighted by molar-refractivity contribution is 7.71. The molecule has 1 heterocycles. The van der Waals surface area contributed by atoms with Crippen LogP contribution >= 0.6 is 12.2 Å². The summed E-state index contributed by atoms with van der Waals surface area (Å²) in [7, 11) is 0. The summed E-state index contributed by atoms with van der Waals surface area (Å²) in [5.41, 5.74) is -0.869. The van der Waals surface area contributed by atoms with E-state index in [2.05, 4.69) is 10.2 Å². The third-order valence-electron chi connectivity index (χ3n) is 2.61. The van der Waals surface area contributed by atoms with Gasteiger partial charge in [-0.2, -0.15) is 0 Å². The Hall–Kier alpha value is -2.29. The summed E-state index contributed by atoms with van der Waals surface area (Å²) in [6.07, 6.45) is 1.06. The summed E-state index contributed by atoms with van der Waals surface area (Å²) >= 11 is 5.13. The number of aliphatic hydroxyl groups excluding tert-OH is 1. The van der Waals surface area contributed by atoms with Gasteiger partial charge in [0.05, 0.1) is 5.76 Å². The SMILES string of the molecule is CCn1c(O)c(N=NC(=N)/C=C(/C)O)c(=O)n(CC)c1=S. The Labute approximate surface area is 126 Å². The molecule has 0 saturated heterocycles. The molecule has 0 unspecified atom stereocenters. The number of hydrogen-bond acceptors (Lipinski definition) is 6. The Bertz CT molecular complexity index is 726. The number of aliphatic hydroxyl groups is 1. The molecule has 1 rings (SSSR count). The molecule has 0 radical (unpaired) electrons. The lowest BCUT2D eigenvalue weighted by Gasteiger charge is -2.12. The van der Waals surface area contributed by atoms with Crippen molar-refractivity contribution in [2.45, 2.75) is 33.9 Å². The number of nitrogens with zero attached hydrogens (tertiary/aromatic N) is 4. The van der Waals surface area contributed by atoms with Crippen molar-refractivity contribution in [2.75, 3.05) is 0 Å². The molecule has 21 heavy (non-hydrogen) atoms. The number of azo groups is 1. The normalized spacial score (nSPS) is 12.0. The van der Waals surface area contributed by atoms with Gasteiger partial charge in [-0.25, -0.2) is 0 Å². The molecule has 9 heteroatoms. The van der Waals surface area contributed by atoms with Gasteiger partial charge in [-0.3, -0.25) is 19.3 Å².